The summed E-state index contributed by atoms with van der Waals surface area (Å²) in [5.41, 5.74) is -0.853. The van der Waals surface area contributed by atoms with E-state index in [1.165, 1.54) is 0 Å². The lowest BCUT2D eigenvalue weighted by atomic mass is 9.48. The van der Waals surface area contributed by atoms with Crippen molar-refractivity contribution in [2.45, 2.75) is 83.8 Å². The van der Waals surface area contributed by atoms with Gasteiger partial charge in [0.2, 0.25) is 0 Å². The smallest absolute Gasteiger partial charge is 0.106 e. The molecule has 0 bridgehead atoms. The van der Waals surface area contributed by atoms with Crippen LogP contribution < -0.4 is 0 Å². The lowest BCUT2D eigenvalue weighted by molar-refractivity contribution is -0.235. The summed E-state index contributed by atoms with van der Waals surface area (Å²) in [5.74, 6) is 0.867. The molecule has 126 valence electrons. The van der Waals surface area contributed by atoms with Crippen molar-refractivity contribution in [2.24, 2.45) is 17.3 Å². The average Bonchev–Trinajstić information content (AvgIpc) is 2.37. The number of aliphatic hydroxyl groups is 2. The minimum absolute atomic E-state index is 0.415. The van der Waals surface area contributed by atoms with Crippen LogP contribution >= 0.6 is 0 Å². The van der Waals surface area contributed by atoms with Crippen LogP contribution in [-0.2, 0) is 0 Å². The van der Waals surface area contributed by atoms with Crippen molar-refractivity contribution < 1.29 is 10.2 Å². The van der Waals surface area contributed by atoms with Crippen molar-refractivity contribution in [3.05, 3.63) is 24.3 Å². The van der Waals surface area contributed by atoms with Crippen LogP contribution in [0.2, 0.25) is 0 Å². The van der Waals surface area contributed by atoms with Crippen LogP contribution in [0, 0.1) is 17.3 Å². The van der Waals surface area contributed by atoms with Crippen molar-refractivity contribution in [1.82, 2.24) is 0 Å². The standard InChI is InChI=1S/C20H34O2/c1-14(2)19(15(3)4)11-9-17(6)13-20(19,22)18(21)10-7-8-16(5)12-18/h16-17,21-22H,1,3,7-13H2,2,4-6H3/t16?,17-,18?,20+/m1/s1. The minimum atomic E-state index is -1.15. The van der Waals surface area contributed by atoms with E-state index in [1.54, 1.807) is 0 Å². The lowest BCUT2D eigenvalue weighted by Crippen LogP contribution is -2.68. The maximum atomic E-state index is 11.9. The van der Waals surface area contributed by atoms with Crippen LogP contribution in [0.25, 0.3) is 0 Å². The molecule has 2 saturated carbocycles. The Labute approximate surface area is 136 Å². The average molecular weight is 306 g/mol. The highest BCUT2D eigenvalue weighted by Crippen LogP contribution is 2.61. The lowest BCUT2D eigenvalue weighted by Gasteiger charge is -2.61. The molecule has 0 aromatic heterocycles. The third-order valence-corrected chi connectivity index (χ3v) is 6.56. The number of hydrogen-bond donors (Lipinski definition) is 2. The molecule has 2 rings (SSSR count). The summed E-state index contributed by atoms with van der Waals surface area (Å²) in [4.78, 5) is 0. The Kier molecular flexibility index (Phi) is 4.68. The molecule has 0 aromatic rings. The summed E-state index contributed by atoms with van der Waals surface area (Å²) >= 11 is 0. The van der Waals surface area contributed by atoms with Crippen LogP contribution in [0.15, 0.2) is 24.3 Å². The Hall–Kier alpha value is -0.600. The predicted octanol–water partition coefficient (Wildman–Crippen LogP) is 4.62. The summed E-state index contributed by atoms with van der Waals surface area (Å²) in [6.45, 7) is 16.8. The van der Waals surface area contributed by atoms with Crippen LogP contribution in [0.4, 0.5) is 0 Å². The van der Waals surface area contributed by atoms with Gasteiger partial charge < -0.3 is 10.2 Å². The molecule has 0 aromatic carbocycles. The summed E-state index contributed by atoms with van der Waals surface area (Å²) in [7, 11) is 0. The van der Waals surface area contributed by atoms with Crippen LogP contribution in [0.5, 0.6) is 0 Å². The zero-order chi connectivity index (χ0) is 16.8. The van der Waals surface area contributed by atoms with Gasteiger partial charge in [-0.05, 0) is 57.8 Å². The van der Waals surface area contributed by atoms with Crippen LogP contribution in [0.1, 0.15) is 72.6 Å². The molecule has 2 N–H and O–H groups in total. The zero-order valence-corrected chi connectivity index (χ0v) is 14.9. The van der Waals surface area contributed by atoms with Gasteiger partial charge in [0, 0.05) is 5.41 Å². The summed E-state index contributed by atoms with van der Waals surface area (Å²) in [6.07, 6.45) is 6.01. The Morgan fingerprint density at radius 3 is 1.95 bits per heavy atom. The van der Waals surface area contributed by atoms with Crippen molar-refractivity contribution >= 4 is 0 Å². The van der Waals surface area contributed by atoms with E-state index < -0.39 is 16.6 Å². The second-order valence-electron chi connectivity index (χ2n) is 8.41. The molecule has 0 spiro atoms. The highest BCUT2D eigenvalue weighted by molar-refractivity contribution is 5.34. The maximum Gasteiger partial charge on any atom is 0.106 e. The van der Waals surface area contributed by atoms with Gasteiger partial charge in [0.25, 0.3) is 0 Å². The second-order valence-corrected chi connectivity index (χ2v) is 8.41. The number of hydrogen-bond acceptors (Lipinski definition) is 2. The molecule has 0 saturated heterocycles. The van der Waals surface area contributed by atoms with E-state index in [2.05, 4.69) is 27.0 Å². The van der Waals surface area contributed by atoms with Crippen molar-refractivity contribution in [1.29, 1.82) is 0 Å². The maximum absolute atomic E-state index is 11.9. The topological polar surface area (TPSA) is 40.5 Å². The molecule has 0 radical (unpaired) electrons. The van der Waals surface area contributed by atoms with Crippen LogP contribution in [-0.4, -0.2) is 21.4 Å². The molecule has 0 aliphatic heterocycles. The Balaban J connectivity index is 2.57. The molecule has 2 nitrogen and oxygen atoms in total. The molecular formula is C20H34O2. The molecule has 2 fully saturated rings. The first-order chi connectivity index (χ1) is 10.1. The fourth-order valence-corrected chi connectivity index (χ4v) is 5.43. The van der Waals surface area contributed by atoms with E-state index in [-0.39, 0.29) is 0 Å². The quantitative estimate of drug-likeness (QED) is 0.747. The summed E-state index contributed by atoms with van der Waals surface area (Å²) in [5, 5.41) is 23.5. The molecule has 2 unspecified atom stereocenters. The molecule has 4 atom stereocenters. The zero-order valence-electron chi connectivity index (χ0n) is 14.9. The van der Waals surface area contributed by atoms with Crippen molar-refractivity contribution in [3.8, 4) is 0 Å². The highest BCUT2D eigenvalue weighted by atomic mass is 16.4. The first-order valence-corrected chi connectivity index (χ1v) is 8.86. The van der Waals surface area contributed by atoms with Gasteiger partial charge in [-0.15, -0.1) is 0 Å². The van der Waals surface area contributed by atoms with E-state index in [0.717, 1.165) is 36.8 Å². The molecule has 22 heavy (non-hydrogen) atoms. The molecular weight excluding hydrogens is 272 g/mol. The highest BCUT2D eigenvalue weighted by Gasteiger charge is 2.64. The SMILES string of the molecule is C=C(C)C1(C(=C)C)CC[C@@H](C)C[C@]1(O)C1(O)CCCC(C)C1. The van der Waals surface area contributed by atoms with Gasteiger partial charge in [-0.3, -0.25) is 0 Å². The van der Waals surface area contributed by atoms with Gasteiger partial charge in [-0.2, -0.15) is 0 Å². The second kappa shape index (κ2) is 5.79. The molecule has 2 aliphatic rings. The summed E-state index contributed by atoms with van der Waals surface area (Å²) in [6, 6.07) is 0. The van der Waals surface area contributed by atoms with Gasteiger partial charge in [0.05, 0.1) is 5.60 Å². The first-order valence-electron chi connectivity index (χ1n) is 8.86. The van der Waals surface area contributed by atoms with E-state index in [0.29, 0.717) is 31.1 Å². The third kappa shape index (κ3) is 2.39. The monoisotopic (exact) mass is 306 g/mol. The van der Waals surface area contributed by atoms with Crippen LogP contribution in [0.3, 0.4) is 0 Å². The van der Waals surface area contributed by atoms with Gasteiger partial charge in [-0.1, -0.05) is 51.0 Å². The van der Waals surface area contributed by atoms with E-state index >= 15 is 0 Å². The fourth-order valence-electron chi connectivity index (χ4n) is 5.43. The Bertz CT molecular complexity index is 452. The van der Waals surface area contributed by atoms with Gasteiger partial charge >= 0.3 is 0 Å². The number of rotatable bonds is 3. The Morgan fingerprint density at radius 2 is 1.45 bits per heavy atom. The van der Waals surface area contributed by atoms with Gasteiger partial charge in [0.1, 0.15) is 5.60 Å². The van der Waals surface area contributed by atoms with Gasteiger partial charge in [-0.25, -0.2) is 0 Å². The van der Waals surface area contributed by atoms with Gasteiger partial charge in [0.15, 0.2) is 0 Å². The fraction of sp³-hybridized carbons (Fsp3) is 0.800. The Morgan fingerprint density at radius 1 is 0.909 bits per heavy atom. The van der Waals surface area contributed by atoms with Crippen molar-refractivity contribution in [2.75, 3.05) is 0 Å². The predicted molar refractivity (Wildman–Crippen MR) is 92.6 cm³/mol. The van der Waals surface area contributed by atoms with E-state index in [1.807, 2.05) is 13.8 Å². The molecule has 0 amide bonds. The first kappa shape index (κ1) is 17.7. The molecule has 0 heterocycles. The summed E-state index contributed by atoms with van der Waals surface area (Å²) < 4.78 is 0. The van der Waals surface area contributed by atoms with E-state index in [4.69, 9.17) is 0 Å². The third-order valence-electron chi connectivity index (χ3n) is 6.56. The normalized spacial score (nSPS) is 41.9. The molecule has 2 aliphatic carbocycles. The largest absolute Gasteiger partial charge is 0.387 e. The van der Waals surface area contributed by atoms with E-state index in [9.17, 15) is 10.2 Å². The molecule has 2 heteroatoms. The van der Waals surface area contributed by atoms with Crippen molar-refractivity contribution in [3.63, 3.8) is 0 Å². The minimum Gasteiger partial charge on any atom is -0.387 e.